The van der Waals surface area contributed by atoms with Crippen molar-refractivity contribution in [3.63, 3.8) is 0 Å². The van der Waals surface area contributed by atoms with Crippen molar-refractivity contribution in [3.05, 3.63) is 78.1 Å². The maximum Gasteiger partial charge on any atom is 0.247 e. The topological polar surface area (TPSA) is 149 Å². The van der Waals surface area contributed by atoms with Crippen LogP contribution in [0.4, 0.5) is 5.95 Å². The third-order valence-electron chi connectivity index (χ3n) is 6.77. The summed E-state index contributed by atoms with van der Waals surface area (Å²) in [7, 11) is 0. The molecule has 2 heterocycles. The highest BCUT2D eigenvalue weighted by Crippen LogP contribution is 2.45. The lowest BCUT2D eigenvalue weighted by atomic mass is 9.88. The van der Waals surface area contributed by atoms with Crippen LogP contribution in [0.2, 0.25) is 0 Å². The summed E-state index contributed by atoms with van der Waals surface area (Å²) in [5.41, 5.74) is 6.95. The molecule has 4 atom stereocenters. The average Bonchev–Trinajstić information content (AvgIpc) is 3.42. The largest absolute Gasteiger partial charge is 0.471 e. The smallest absolute Gasteiger partial charge is 0.247 e. The van der Waals surface area contributed by atoms with Gasteiger partial charge in [-0.25, -0.2) is 4.98 Å². The van der Waals surface area contributed by atoms with E-state index in [-0.39, 0.29) is 31.5 Å². The number of hydrogen-bond donors (Lipinski definition) is 4. The summed E-state index contributed by atoms with van der Waals surface area (Å²) in [5, 5.41) is 32.7. The predicted molar refractivity (Wildman–Crippen MR) is 132 cm³/mol. The summed E-state index contributed by atoms with van der Waals surface area (Å²) < 4.78 is 13.3. The van der Waals surface area contributed by atoms with Gasteiger partial charge in [-0.05, 0) is 17.5 Å². The van der Waals surface area contributed by atoms with Crippen LogP contribution in [-0.2, 0) is 18.0 Å². The first-order chi connectivity index (χ1) is 17.5. The summed E-state index contributed by atoms with van der Waals surface area (Å²) in [6.45, 7) is 0.0867. The monoisotopic (exact) mass is 491 g/mol. The second kappa shape index (κ2) is 10.2. The van der Waals surface area contributed by atoms with E-state index in [4.69, 9.17) is 15.2 Å². The molecule has 5 rings (SSSR count). The molecule has 2 aromatic heterocycles. The first-order valence-electron chi connectivity index (χ1n) is 11.8. The number of rotatable bonds is 9. The first kappa shape index (κ1) is 24.1. The minimum atomic E-state index is -1.67. The van der Waals surface area contributed by atoms with E-state index in [2.05, 4.69) is 15.0 Å². The normalized spacial score (nSPS) is 23.8. The zero-order chi connectivity index (χ0) is 25.1. The Labute approximate surface area is 208 Å². The third kappa shape index (κ3) is 4.63. The molecule has 1 aliphatic rings. The number of nitrogen functional groups attached to an aromatic ring is 1. The molecule has 1 aliphatic carbocycles. The van der Waals surface area contributed by atoms with E-state index in [0.29, 0.717) is 17.8 Å². The molecular formula is C26H29N5O5. The minimum absolute atomic E-state index is 0.0128. The van der Waals surface area contributed by atoms with Crippen LogP contribution in [-0.4, -0.2) is 59.8 Å². The molecule has 0 spiro atoms. The van der Waals surface area contributed by atoms with Crippen LogP contribution in [0, 0.1) is 5.92 Å². The van der Waals surface area contributed by atoms with Gasteiger partial charge in [0, 0.05) is 5.92 Å². The van der Waals surface area contributed by atoms with Gasteiger partial charge in [0.15, 0.2) is 11.2 Å². The number of benzene rings is 2. The van der Waals surface area contributed by atoms with Gasteiger partial charge < -0.3 is 35.1 Å². The number of aromatic nitrogens is 4. The molecule has 0 saturated heterocycles. The van der Waals surface area contributed by atoms with Crippen LogP contribution in [0.1, 0.15) is 23.6 Å². The Morgan fingerprint density at radius 1 is 1.00 bits per heavy atom. The zero-order valence-electron chi connectivity index (χ0n) is 19.6. The Morgan fingerprint density at radius 3 is 2.33 bits per heavy atom. The predicted octanol–water partition coefficient (Wildman–Crippen LogP) is 1.85. The molecule has 0 unspecified atom stereocenters. The highest BCUT2D eigenvalue weighted by Gasteiger charge is 2.55. The molecule has 10 nitrogen and oxygen atoms in total. The van der Waals surface area contributed by atoms with Crippen molar-refractivity contribution in [2.24, 2.45) is 5.92 Å². The highest BCUT2D eigenvalue weighted by atomic mass is 16.5. The fourth-order valence-corrected chi connectivity index (χ4v) is 4.85. The van der Waals surface area contributed by atoms with Gasteiger partial charge in [0.05, 0.1) is 38.3 Å². The van der Waals surface area contributed by atoms with Gasteiger partial charge in [-0.3, -0.25) is 0 Å². The third-order valence-corrected chi connectivity index (χ3v) is 6.77. The Balaban J connectivity index is 1.39. The highest BCUT2D eigenvalue weighted by molar-refractivity contribution is 5.77. The van der Waals surface area contributed by atoms with E-state index in [1.54, 1.807) is 4.57 Å². The molecule has 188 valence electrons. The molecule has 0 aliphatic heterocycles. The molecule has 1 fully saturated rings. The molecule has 10 heteroatoms. The quantitative estimate of drug-likeness (QED) is 0.275. The first-order valence-corrected chi connectivity index (χ1v) is 11.8. The van der Waals surface area contributed by atoms with E-state index in [0.717, 1.165) is 11.1 Å². The molecule has 1 saturated carbocycles. The van der Waals surface area contributed by atoms with Crippen LogP contribution < -0.4 is 10.5 Å². The molecule has 4 aromatic rings. The second-order valence-electron chi connectivity index (χ2n) is 9.06. The molecule has 2 aromatic carbocycles. The molecule has 0 bridgehead atoms. The Kier molecular flexibility index (Phi) is 6.84. The van der Waals surface area contributed by atoms with E-state index >= 15 is 0 Å². The number of imidazole rings is 1. The fraction of sp³-hybridized carbons (Fsp3) is 0.346. The second-order valence-corrected chi connectivity index (χ2v) is 9.06. The van der Waals surface area contributed by atoms with E-state index in [1.807, 2.05) is 60.7 Å². The van der Waals surface area contributed by atoms with Crippen molar-refractivity contribution in [2.75, 3.05) is 18.9 Å². The number of ether oxygens (including phenoxy) is 2. The van der Waals surface area contributed by atoms with Gasteiger partial charge in [-0.2, -0.15) is 9.97 Å². The molecule has 36 heavy (non-hydrogen) atoms. The summed E-state index contributed by atoms with van der Waals surface area (Å²) in [5.74, 6) is -0.517. The molecule has 5 N–H and O–H groups in total. The number of anilines is 1. The summed E-state index contributed by atoms with van der Waals surface area (Å²) in [4.78, 5) is 12.9. The van der Waals surface area contributed by atoms with Crippen LogP contribution in [0.25, 0.3) is 11.2 Å². The van der Waals surface area contributed by atoms with E-state index in [1.165, 1.54) is 6.33 Å². The average molecular weight is 492 g/mol. The van der Waals surface area contributed by atoms with Gasteiger partial charge in [-0.15, -0.1) is 0 Å². The fourth-order valence-electron chi connectivity index (χ4n) is 4.85. The van der Waals surface area contributed by atoms with Crippen molar-refractivity contribution in [3.8, 4) is 5.88 Å². The number of aliphatic hydroxyl groups is 3. The van der Waals surface area contributed by atoms with Crippen LogP contribution >= 0.6 is 0 Å². The number of nitrogens with zero attached hydrogens (tertiary/aromatic N) is 4. The van der Waals surface area contributed by atoms with Crippen molar-refractivity contribution in [2.45, 2.75) is 37.4 Å². The van der Waals surface area contributed by atoms with Crippen molar-refractivity contribution >= 4 is 17.1 Å². The minimum Gasteiger partial charge on any atom is -0.471 e. The van der Waals surface area contributed by atoms with Crippen molar-refractivity contribution < 1.29 is 24.8 Å². The van der Waals surface area contributed by atoms with Crippen LogP contribution in [0.5, 0.6) is 5.88 Å². The van der Waals surface area contributed by atoms with Crippen molar-refractivity contribution in [1.82, 2.24) is 19.5 Å². The summed E-state index contributed by atoms with van der Waals surface area (Å²) >= 11 is 0. The lowest BCUT2D eigenvalue weighted by molar-refractivity contribution is -0.109. The van der Waals surface area contributed by atoms with Gasteiger partial charge in [-0.1, -0.05) is 60.7 Å². The van der Waals surface area contributed by atoms with Crippen molar-refractivity contribution in [1.29, 1.82) is 0 Å². The van der Waals surface area contributed by atoms with Gasteiger partial charge in [0.1, 0.15) is 12.2 Å². The zero-order valence-corrected chi connectivity index (χ0v) is 19.6. The Hall–Kier alpha value is -3.57. The molecule has 0 radical (unpaired) electrons. The standard InChI is InChI=1S/C26H29N5O5/c27-25-29-23-22(24(30-25)36-13-18-9-5-2-6-10-18)28-16-31(23)21-11-20(33)19(26(21,34)15-32)14-35-12-17-7-3-1-4-8-17/h1-10,16,19-21,32-34H,11-15H2,(H2,27,29,30)/t19-,20+,21+,26+/m1/s1. The molecular weight excluding hydrogens is 462 g/mol. The maximum atomic E-state index is 11.6. The van der Waals surface area contributed by atoms with Gasteiger partial charge in [0.2, 0.25) is 11.8 Å². The van der Waals surface area contributed by atoms with E-state index < -0.39 is 30.3 Å². The number of hydrogen-bond acceptors (Lipinski definition) is 9. The number of nitrogens with two attached hydrogens (primary N) is 1. The summed E-state index contributed by atoms with van der Waals surface area (Å²) in [6.07, 6.45) is 0.763. The summed E-state index contributed by atoms with van der Waals surface area (Å²) in [6, 6.07) is 18.5. The lowest BCUT2D eigenvalue weighted by Crippen LogP contribution is -2.47. The van der Waals surface area contributed by atoms with E-state index in [9.17, 15) is 15.3 Å². The maximum absolute atomic E-state index is 11.6. The van der Waals surface area contributed by atoms with Gasteiger partial charge in [0.25, 0.3) is 0 Å². The number of aliphatic hydroxyl groups excluding tert-OH is 2. The Morgan fingerprint density at radius 2 is 1.67 bits per heavy atom. The molecule has 0 amide bonds. The Bertz CT molecular complexity index is 1300. The van der Waals surface area contributed by atoms with Gasteiger partial charge >= 0.3 is 0 Å². The van der Waals surface area contributed by atoms with Crippen LogP contribution in [0.15, 0.2) is 67.0 Å². The van der Waals surface area contributed by atoms with Crippen LogP contribution in [0.3, 0.4) is 0 Å². The number of fused-ring (bicyclic) bond motifs is 1. The SMILES string of the molecule is Nc1nc(OCc2ccccc2)c2ncn([C@H]3C[C@H](O)[C@@H](COCc4ccccc4)[C@@]3(O)CO)c2n1. The lowest BCUT2D eigenvalue weighted by Gasteiger charge is -2.34.